The van der Waals surface area contributed by atoms with Crippen molar-refractivity contribution in [2.24, 2.45) is 7.05 Å². The van der Waals surface area contributed by atoms with Gasteiger partial charge in [0.2, 0.25) is 5.91 Å². The highest BCUT2D eigenvalue weighted by Gasteiger charge is 2.10. The van der Waals surface area contributed by atoms with Crippen LogP contribution in [-0.4, -0.2) is 33.1 Å². The van der Waals surface area contributed by atoms with E-state index >= 15 is 0 Å². The highest BCUT2D eigenvalue weighted by molar-refractivity contribution is 5.97. The fourth-order valence-electron chi connectivity index (χ4n) is 1.58. The number of hydrogen-bond donors (Lipinski definition) is 2. The lowest BCUT2D eigenvalue weighted by Gasteiger charge is -2.05. The van der Waals surface area contributed by atoms with E-state index in [0.717, 1.165) is 5.56 Å². The second-order valence-corrected chi connectivity index (χ2v) is 4.32. The SMILES string of the molecule is Cc1ccnc(NC(=O)CNC(=O)c2ccn(C)n2)c1. The van der Waals surface area contributed by atoms with Crippen molar-refractivity contribution in [1.82, 2.24) is 20.1 Å². The van der Waals surface area contributed by atoms with Crippen molar-refractivity contribution < 1.29 is 9.59 Å². The molecule has 0 atom stereocenters. The first kappa shape index (κ1) is 13.7. The molecule has 0 unspecified atom stereocenters. The van der Waals surface area contributed by atoms with Crippen LogP contribution in [0, 0.1) is 6.92 Å². The van der Waals surface area contributed by atoms with Gasteiger partial charge in [0.25, 0.3) is 5.91 Å². The van der Waals surface area contributed by atoms with Crippen molar-refractivity contribution in [2.75, 3.05) is 11.9 Å². The molecular formula is C13H15N5O2. The summed E-state index contributed by atoms with van der Waals surface area (Å²) >= 11 is 0. The average Bonchev–Trinajstić information content (AvgIpc) is 2.83. The standard InChI is InChI=1S/C13H15N5O2/c1-9-3-5-14-11(7-9)16-12(19)8-15-13(20)10-4-6-18(2)17-10/h3-7H,8H2,1-2H3,(H,15,20)(H,14,16,19). The van der Waals surface area contributed by atoms with E-state index in [1.54, 1.807) is 31.6 Å². The lowest BCUT2D eigenvalue weighted by atomic mass is 10.3. The van der Waals surface area contributed by atoms with E-state index in [1.165, 1.54) is 4.68 Å². The Morgan fingerprint density at radius 3 is 2.80 bits per heavy atom. The largest absolute Gasteiger partial charge is 0.342 e. The Morgan fingerprint density at radius 1 is 1.35 bits per heavy atom. The van der Waals surface area contributed by atoms with Crippen LogP contribution in [0.4, 0.5) is 5.82 Å². The van der Waals surface area contributed by atoms with Crippen LogP contribution in [0.5, 0.6) is 0 Å². The second kappa shape index (κ2) is 5.96. The van der Waals surface area contributed by atoms with Crippen molar-refractivity contribution in [2.45, 2.75) is 6.92 Å². The minimum absolute atomic E-state index is 0.134. The first-order valence-electron chi connectivity index (χ1n) is 6.05. The lowest BCUT2D eigenvalue weighted by Crippen LogP contribution is -2.33. The van der Waals surface area contributed by atoms with Crippen LogP contribution in [0.2, 0.25) is 0 Å². The van der Waals surface area contributed by atoms with E-state index in [1.807, 2.05) is 13.0 Å². The topological polar surface area (TPSA) is 88.9 Å². The van der Waals surface area contributed by atoms with E-state index in [-0.39, 0.29) is 18.1 Å². The van der Waals surface area contributed by atoms with Gasteiger partial charge in [-0.05, 0) is 30.7 Å². The molecule has 0 aromatic carbocycles. The van der Waals surface area contributed by atoms with Gasteiger partial charge in [0.1, 0.15) is 11.5 Å². The van der Waals surface area contributed by atoms with Crippen molar-refractivity contribution in [3.63, 3.8) is 0 Å². The highest BCUT2D eigenvalue weighted by Crippen LogP contribution is 2.04. The van der Waals surface area contributed by atoms with E-state index in [4.69, 9.17) is 0 Å². The quantitative estimate of drug-likeness (QED) is 0.848. The molecule has 7 nitrogen and oxygen atoms in total. The van der Waals surface area contributed by atoms with Gasteiger partial charge >= 0.3 is 0 Å². The monoisotopic (exact) mass is 273 g/mol. The molecule has 7 heteroatoms. The van der Waals surface area contributed by atoms with Crippen molar-refractivity contribution in [3.05, 3.63) is 41.9 Å². The van der Waals surface area contributed by atoms with E-state index in [9.17, 15) is 9.59 Å². The van der Waals surface area contributed by atoms with Crippen LogP contribution in [-0.2, 0) is 11.8 Å². The van der Waals surface area contributed by atoms with Crippen LogP contribution in [0.3, 0.4) is 0 Å². The Morgan fingerprint density at radius 2 is 2.15 bits per heavy atom. The molecule has 2 amide bonds. The van der Waals surface area contributed by atoms with Gasteiger partial charge in [-0.25, -0.2) is 4.98 Å². The third-order valence-corrected chi connectivity index (χ3v) is 2.54. The van der Waals surface area contributed by atoms with Crippen LogP contribution >= 0.6 is 0 Å². The van der Waals surface area contributed by atoms with Crippen molar-refractivity contribution >= 4 is 17.6 Å². The maximum atomic E-state index is 11.7. The number of carbonyl (C=O) groups is 2. The minimum Gasteiger partial charge on any atom is -0.342 e. The maximum Gasteiger partial charge on any atom is 0.272 e. The van der Waals surface area contributed by atoms with Crippen LogP contribution in [0.1, 0.15) is 16.1 Å². The van der Waals surface area contributed by atoms with Gasteiger partial charge in [-0.1, -0.05) is 0 Å². The van der Waals surface area contributed by atoms with Gasteiger partial charge in [-0.2, -0.15) is 5.10 Å². The molecule has 0 radical (unpaired) electrons. The Kier molecular flexibility index (Phi) is 4.09. The number of rotatable bonds is 4. The minimum atomic E-state index is -0.391. The molecule has 0 spiro atoms. The summed E-state index contributed by atoms with van der Waals surface area (Å²) in [5.74, 6) is -0.271. The summed E-state index contributed by atoms with van der Waals surface area (Å²) in [6, 6.07) is 5.16. The molecule has 2 aromatic heterocycles. The van der Waals surface area contributed by atoms with Crippen molar-refractivity contribution in [3.8, 4) is 0 Å². The van der Waals surface area contributed by atoms with Gasteiger partial charge in [-0.15, -0.1) is 0 Å². The maximum absolute atomic E-state index is 11.7. The van der Waals surface area contributed by atoms with Crippen LogP contribution in [0.25, 0.3) is 0 Å². The zero-order valence-electron chi connectivity index (χ0n) is 11.3. The summed E-state index contributed by atoms with van der Waals surface area (Å²) in [5, 5.41) is 9.04. The number of nitrogens with one attached hydrogen (secondary N) is 2. The number of amides is 2. The molecule has 0 saturated carbocycles. The summed E-state index contributed by atoms with van der Waals surface area (Å²) in [6.45, 7) is 1.77. The van der Waals surface area contributed by atoms with Gasteiger partial charge in [0.05, 0.1) is 6.54 Å². The summed E-state index contributed by atoms with van der Waals surface area (Å²) in [7, 11) is 1.72. The van der Waals surface area contributed by atoms with Gasteiger partial charge < -0.3 is 10.6 Å². The molecule has 0 bridgehead atoms. The average molecular weight is 273 g/mol. The molecule has 2 rings (SSSR count). The number of aryl methyl sites for hydroxylation is 2. The Bertz CT molecular complexity index is 635. The van der Waals surface area contributed by atoms with Crippen LogP contribution in [0.15, 0.2) is 30.6 Å². The molecule has 104 valence electrons. The van der Waals surface area contributed by atoms with Crippen LogP contribution < -0.4 is 10.6 Å². The van der Waals surface area contributed by atoms with E-state index < -0.39 is 5.91 Å². The molecule has 2 aromatic rings. The molecule has 0 fully saturated rings. The zero-order valence-corrected chi connectivity index (χ0v) is 11.3. The Labute approximate surface area is 116 Å². The van der Waals surface area contributed by atoms with Gasteiger partial charge in [-0.3, -0.25) is 14.3 Å². The van der Waals surface area contributed by atoms with Crippen molar-refractivity contribution in [1.29, 1.82) is 0 Å². The first-order chi connectivity index (χ1) is 9.54. The summed E-state index contributed by atoms with van der Waals surface area (Å²) in [6.07, 6.45) is 3.27. The second-order valence-electron chi connectivity index (χ2n) is 4.32. The number of carbonyl (C=O) groups excluding carboxylic acids is 2. The third-order valence-electron chi connectivity index (χ3n) is 2.54. The Hall–Kier alpha value is -2.70. The number of nitrogens with zero attached hydrogens (tertiary/aromatic N) is 3. The van der Waals surface area contributed by atoms with E-state index in [2.05, 4.69) is 20.7 Å². The summed E-state index contributed by atoms with van der Waals surface area (Å²) in [4.78, 5) is 27.4. The lowest BCUT2D eigenvalue weighted by molar-refractivity contribution is -0.115. The summed E-state index contributed by atoms with van der Waals surface area (Å²) in [5.41, 5.74) is 1.27. The van der Waals surface area contributed by atoms with Gasteiger partial charge in [0.15, 0.2) is 0 Å². The van der Waals surface area contributed by atoms with Gasteiger partial charge in [0, 0.05) is 19.4 Å². The predicted octanol–water partition coefficient (Wildman–Crippen LogP) is 0.492. The fraction of sp³-hybridized carbons (Fsp3) is 0.231. The normalized spacial score (nSPS) is 10.1. The highest BCUT2D eigenvalue weighted by atomic mass is 16.2. The third kappa shape index (κ3) is 3.64. The fourth-order valence-corrected chi connectivity index (χ4v) is 1.58. The molecule has 0 aliphatic rings. The van der Waals surface area contributed by atoms with E-state index in [0.29, 0.717) is 5.82 Å². The summed E-state index contributed by atoms with van der Waals surface area (Å²) < 4.78 is 1.52. The zero-order chi connectivity index (χ0) is 14.5. The molecular weight excluding hydrogens is 258 g/mol. The number of anilines is 1. The number of aromatic nitrogens is 3. The molecule has 2 N–H and O–H groups in total. The number of pyridine rings is 1. The first-order valence-corrected chi connectivity index (χ1v) is 6.05. The number of hydrogen-bond acceptors (Lipinski definition) is 4. The molecule has 20 heavy (non-hydrogen) atoms. The predicted molar refractivity (Wildman–Crippen MR) is 73.1 cm³/mol. The smallest absolute Gasteiger partial charge is 0.272 e. The molecule has 0 aliphatic carbocycles. The Balaban J connectivity index is 1.85. The molecule has 2 heterocycles. The molecule has 0 saturated heterocycles. The molecule has 0 aliphatic heterocycles.